The van der Waals surface area contributed by atoms with Crippen LogP contribution >= 0.6 is 22.9 Å². The average Bonchev–Trinajstić information content (AvgIpc) is 3.21. The van der Waals surface area contributed by atoms with Gasteiger partial charge in [-0.3, -0.25) is 4.99 Å². The van der Waals surface area contributed by atoms with Crippen LogP contribution in [0.2, 0.25) is 4.34 Å². The van der Waals surface area contributed by atoms with E-state index < -0.39 is 6.10 Å². The van der Waals surface area contributed by atoms with E-state index in [4.69, 9.17) is 11.6 Å². The van der Waals surface area contributed by atoms with Crippen molar-refractivity contribution >= 4 is 28.9 Å². The van der Waals surface area contributed by atoms with Crippen molar-refractivity contribution < 1.29 is 5.11 Å². The Morgan fingerprint density at radius 3 is 3.04 bits per heavy atom. The molecule has 9 heteroatoms. The number of nitrogens with one attached hydrogen (secondary N) is 2. The number of hydrogen-bond acceptors (Lipinski definition) is 5. The molecule has 3 heterocycles. The second kappa shape index (κ2) is 8.16. The maximum absolute atomic E-state index is 10.2. The van der Waals surface area contributed by atoms with Gasteiger partial charge in [-0.25, -0.2) is 0 Å². The van der Waals surface area contributed by atoms with Crippen molar-refractivity contribution in [3.63, 3.8) is 0 Å². The first kappa shape index (κ1) is 18.2. The molecule has 2 aromatic rings. The fourth-order valence-electron chi connectivity index (χ4n) is 2.96. The van der Waals surface area contributed by atoms with E-state index in [0.717, 1.165) is 42.5 Å². The summed E-state index contributed by atoms with van der Waals surface area (Å²) in [5.41, 5.74) is 0. The highest BCUT2D eigenvalue weighted by Gasteiger charge is 2.21. The second-order valence-electron chi connectivity index (χ2n) is 6.17. The number of hydrogen-bond donors (Lipinski definition) is 3. The van der Waals surface area contributed by atoms with Crippen molar-refractivity contribution in [2.75, 3.05) is 20.1 Å². The molecule has 0 amide bonds. The number of fused-ring (bicyclic) bond motifs is 1. The summed E-state index contributed by atoms with van der Waals surface area (Å²) in [7, 11) is 1.73. The van der Waals surface area contributed by atoms with Crippen LogP contribution in [0.25, 0.3) is 0 Å². The first-order chi connectivity index (χ1) is 12.1. The highest BCUT2D eigenvalue weighted by Crippen LogP contribution is 2.26. The smallest absolute Gasteiger partial charge is 0.191 e. The molecule has 3 N–H and O–H groups in total. The number of nitrogens with zero attached hydrogens (tertiary/aromatic N) is 4. The van der Waals surface area contributed by atoms with Crippen LogP contribution in [0.5, 0.6) is 0 Å². The quantitative estimate of drug-likeness (QED) is 0.541. The molecule has 0 aliphatic carbocycles. The predicted molar refractivity (Wildman–Crippen MR) is 100 cm³/mol. The van der Waals surface area contributed by atoms with Crippen LogP contribution in [0.4, 0.5) is 0 Å². The first-order valence-corrected chi connectivity index (χ1v) is 9.52. The Labute approximate surface area is 156 Å². The molecule has 2 aromatic heterocycles. The maximum Gasteiger partial charge on any atom is 0.191 e. The summed E-state index contributed by atoms with van der Waals surface area (Å²) >= 11 is 7.30. The molecule has 136 valence electrons. The number of thiophene rings is 1. The molecule has 2 atom stereocenters. The highest BCUT2D eigenvalue weighted by molar-refractivity contribution is 7.16. The zero-order valence-corrected chi connectivity index (χ0v) is 15.9. The summed E-state index contributed by atoms with van der Waals surface area (Å²) in [4.78, 5) is 5.07. The van der Waals surface area contributed by atoms with Crippen LogP contribution in [-0.4, -0.2) is 46.0 Å². The minimum absolute atomic E-state index is 0.385. The minimum atomic E-state index is -0.604. The molecule has 25 heavy (non-hydrogen) atoms. The lowest BCUT2D eigenvalue weighted by atomic mass is 9.99. The van der Waals surface area contributed by atoms with Crippen molar-refractivity contribution in [2.45, 2.75) is 32.4 Å². The molecule has 0 radical (unpaired) electrons. The van der Waals surface area contributed by atoms with Crippen LogP contribution in [0, 0.1) is 12.8 Å². The number of aliphatic hydroxyl groups is 1. The van der Waals surface area contributed by atoms with Gasteiger partial charge in [-0.05, 0) is 31.4 Å². The van der Waals surface area contributed by atoms with Crippen molar-refractivity contribution in [1.82, 2.24) is 25.4 Å². The minimum Gasteiger partial charge on any atom is -0.386 e. The van der Waals surface area contributed by atoms with Gasteiger partial charge in [-0.1, -0.05) is 11.6 Å². The van der Waals surface area contributed by atoms with Gasteiger partial charge in [0.1, 0.15) is 17.8 Å². The number of halogens is 1. The third-order valence-corrected chi connectivity index (χ3v) is 5.73. The van der Waals surface area contributed by atoms with E-state index in [1.165, 1.54) is 11.3 Å². The SMILES string of the molecule is CN=C(NCC1CCc2nnc(C)n2C1)NCC(O)c1ccc(Cl)s1. The summed E-state index contributed by atoms with van der Waals surface area (Å²) in [6, 6.07) is 3.64. The molecule has 0 spiro atoms. The first-order valence-electron chi connectivity index (χ1n) is 8.33. The van der Waals surface area contributed by atoms with Crippen LogP contribution in [0.1, 0.15) is 29.1 Å². The second-order valence-corrected chi connectivity index (χ2v) is 7.92. The van der Waals surface area contributed by atoms with Crippen LogP contribution in [-0.2, 0) is 13.0 Å². The van der Waals surface area contributed by atoms with Gasteiger partial charge in [0.05, 0.1) is 4.34 Å². The number of aromatic nitrogens is 3. The van der Waals surface area contributed by atoms with E-state index in [2.05, 4.69) is 30.4 Å². The normalized spacial score (nSPS) is 18.7. The van der Waals surface area contributed by atoms with Gasteiger partial charge in [-0.2, -0.15) is 0 Å². The monoisotopic (exact) mass is 382 g/mol. The molecule has 1 aliphatic rings. The van der Waals surface area contributed by atoms with Gasteiger partial charge in [-0.15, -0.1) is 21.5 Å². The lowest BCUT2D eigenvalue weighted by Crippen LogP contribution is -2.42. The van der Waals surface area contributed by atoms with E-state index in [1.807, 2.05) is 13.0 Å². The zero-order chi connectivity index (χ0) is 17.8. The van der Waals surface area contributed by atoms with Gasteiger partial charge in [0.2, 0.25) is 0 Å². The Kier molecular flexibility index (Phi) is 5.93. The van der Waals surface area contributed by atoms with E-state index in [0.29, 0.717) is 22.8 Å². The van der Waals surface area contributed by atoms with Crippen LogP contribution < -0.4 is 10.6 Å². The number of aryl methyl sites for hydroxylation is 2. The van der Waals surface area contributed by atoms with E-state index in [9.17, 15) is 5.11 Å². The molecular formula is C16H23ClN6OS. The Morgan fingerprint density at radius 1 is 1.48 bits per heavy atom. The summed E-state index contributed by atoms with van der Waals surface area (Å²) in [6.07, 6.45) is 1.43. The van der Waals surface area contributed by atoms with Crippen molar-refractivity contribution in [3.8, 4) is 0 Å². The third-order valence-electron chi connectivity index (χ3n) is 4.40. The molecule has 2 unspecified atom stereocenters. The fraction of sp³-hybridized carbons (Fsp3) is 0.562. The zero-order valence-electron chi connectivity index (χ0n) is 14.4. The van der Waals surface area contributed by atoms with Gasteiger partial charge in [0, 0.05) is 38.0 Å². The topological polar surface area (TPSA) is 87.4 Å². The maximum atomic E-state index is 10.2. The van der Waals surface area contributed by atoms with Gasteiger partial charge in [0.15, 0.2) is 5.96 Å². The average molecular weight is 383 g/mol. The van der Waals surface area contributed by atoms with Crippen LogP contribution in [0.3, 0.4) is 0 Å². The molecule has 7 nitrogen and oxygen atoms in total. The molecule has 0 aromatic carbocycles. The van der Waals surface area contributed by atoms with Crippen molar-refractivity contribution in [2.24, 2.45) is 10.9 Å². The Morgan fingerprint density at radius 2 is 2.32 bits per heavy atom. The van der Waals surface area contributed by atoms with Crippen molar-refractivity contribution in [3.05, 3.63) is 33.0 Å². The largest absolute Gasteiger partial charge is 0.386 e. The van der Waals surface area contributed by atoms with Crippen LogP contribution in [0.15, 0.2) is 17.1 Å². The lowest BCUT2D eigenvalue weighted by Gasteiger charge is -2.25. The van der Waals surface area contributed by atoms with Gasteiger partial charge in [0.25, 0.3) is 0 Å². The number of aliphatic imine (C=N–C) groups is 1. The number of guanidine groups is 1. The molecule has 0 saturated heterocycles. The molecule has 0 saturated carbocycles. The number of rotatable bonds is 5. The molecule has 1 aliphatic heterocycles. The van der Waals surface area contributed by atoms with Crippen molar-refractivity contribution in [1.29, 1.82) is 0 Å². The molecular weight excluding hydrogens is 360 g/mol. The summed E-state index contributed by atoms with van der Waals surface area (Å²) in [5.74, 6) is 3.24. The van der Waals surface area contributed by atoms with E-state index in [-0.39, 0.29) is 0 Å². The third kappa shape index (κ3) is 4.50. The standard InChI is InChI=1S/C16H23ClN6OS/c1-10-21-22-15-6-3-11(9-23(10)15)7-19-16(18-2)20-8-12(24)13-4-5-14(17)25-13/h4-5,11-12,24H,3,6-9H2,1-2H3,(H2,18,19,20). The summed E-state index contributed by atoms with van der Waals surface area (Å²) < 4.78 is 2.87. The lowest BCUT2D eigenvalue weighted by molar-refractivity contribution is 0.184. The Hall–Kier alpha value is -1.64. The molecule has 0 bridgehead atoms. The van der Waals surface area contributed by atoms with Gasteiger partial charge >= 0.3 is 0 Å². The molecule has 0 fully saturated rings. The number of aliphatic hydroxyl groups excluding tert-OH is 1. The van der Waals surface area contributed by atoms with E-state index in [1.54, 1.807) is 13.1 Å². The Bertz CT molecular complexity index is 743. The summed E-state index contributed by atoms with van der Waals surface area (Å²) in [6.45, 7) is 4.12. The van der Waals surface area contributed by atoms with Gasteiger partial charge < -0.3 is 20.3 Å². The summed E-state index contributed by atoms with van der Waals surface area (Å²) in [5, 5.41) is 25.1. The Balaban J connectivity index is 1.46. The fourth-order valence-corrected chi connectivity index (χ4v) is 4.01. The molecule has 3 rings (SSSR count). The highest BCUT2D eigenvalue weighted by atomic mass is 35.5. The van der Waals surface area contributed by atoms with E-state index >= 15 is 0 Å². The predicted octanol–water partition coefficient (Wildman–Crippen LogP) is 1.76.